The summed E-state index contributed by atoms with van der Waals surface area (Å²) in [6, 6.07) is 13.7. The van der Waals surface area contributed by atoms with Crippen molar-refractivity contribution in [2.24, 2.45) is 0 Å². The minimum absolute atomic E-state index is 0.0987. The first-order valence-corrected chi connectivity index (χ1v) is 10.8. The number of likely N-dealkylation sites (tertiary alicyclic amines) is 1. The highest BCUT2D eigenvalue weighted by Crippen LogP contribution is 2.32. The van der Waals surface area contributed by atoms with Crippen LogP contribution in [0.25, 0.3) is 0 Å². The van der Waals surface area contributed by atoms with Gasteiger partial charge in [-0.05, 0) is 68.9 Å². The minimum atomic E-state index is 0.0987. The molecule has 3 nitrogen and oxygen atoms in total. The number of rotatable bonds is 5. The SMILES string of the molecule is CN1CCC(N(C)C(=O)c2ccc(CSc3cc(Cl)ccc3Cl)cc2)CC1. The van der Waals surface area contributed by atoms with Gasteiger partial charge in [0.2, 0.25) is 0 Å². The van der Waals surface area contributed by atoms with Crippen LogP contribution in [-0.4, -0.2) is 48.9 Å². The molecule has 144 valence electrons. The summed E-state index contributed by atoms with van der Waals surface area (Å²) in [6.07, 6.45) is 2.07. The second kappa shape index (κ2) is 9.33. The molecule has 1 aliphatic rings. The Bertz CT molecular complexity index is 789. The summed E-state index contributed by atoms with van der Waals surface area (Å²) in [7, 11) is 4.05. The molecule has 0 saturated carbocycles. The maximum absolute atomic E-state index is 12.8. The van der Waals surface area contributed by atoms with E-state index in [9.17, 15) is 4.79 Å². The van der Waals surface area contributed by atoms with E-state index in [0.717, 1.165) is 47.7 Å². The molecule has 1 amide bonds. The van der Waals surface area contributed by atoms with Gasteiger partial charge in [0.25, 0.3) is 5.91 Å². The summed E-state index contributed by atoms with van der Waals surface area (Å²) in [5.41, 5.74) is 1.89. The number of hydrogen-bond donors (Lipinski definition) is 0. The van der Waals surface area contributed by atoms with Crippen LogP contribution in [0.15, 0.2) is 47.4 Å². The van der Waals surface area contributed by atoms with Crippen LogP contribution in [0, 0.1) is 0 Å². The van der Waals surface area contributed by atoms with Crippen LogP contribution in [0.3, 0.4) is 0 Å². The number of carbonyl (C=O) groups excluding carboxylic acids is 1. The van der Waals surface area contributed by atoms with Gasteiger partial charge in [-0.3, -0.25) is 4.79 Å². The Labute approximate surface area is 175 Å². The zero-order chi connectivity index (χ0) is 19.4. The maximum Gasteiger partial charge on any atom is 0.253 e. The van der Waals surface area contributed by atoms with Crippen LogP contribution in [0.4, 0.5) is 0 Å². The van der Waals surface area contributed by atoms with Gasteiger partial charge in [-0.25, -0.2) is 0 Å². The number of halogens is 2. The molecule has 1 heterocycles. The molecule has 2 aromatic rings. The molecule has 0 unspecified atom stereocenters. The first-order valence-electron chi connectivity index (χ1n) is 9.06. The third-order valence-corrected chi connectivity index (χ3v) is 6.85. The Morgan fingerprint density at radius 2 is 1.81 bits per heavy atom. The van der Waals surface area contributed by atoms with Crippen LogP contribution in [0.1, 0.15) is 28.8 Å². The van der Waals surface area contributed by atoms with E-state index < -0.39 is 0 Å². The molecule has 1 saturated heterocycles. The van der Waals surface area contributed by atoms with Gasteiger partial charge in [-0.1, -0.05) is 35.3 Å². The van der Waals surface area contributed by atoms with E-state index in [1.54, 1.807) is 17.8 Å². The van der Waals surface area contributed by atoms with E-state index >= 15 is 0 Å². The highest BCUT2D eigenvalue weighted by atomic mass is 35.5. The number of carbonyl (C=O) groups is 1. The van der Waals surface area contributed by atoms with Gasteiger partial charge in [0, 0.05) is 34.3 Å². The molecule has 1 fully saturated rings. The molecule has 0 spiro atoms. The van der Waals surface area contributed by atoms with Crippen LogP contribution in [0.5, 0.6) is 0 Å². The van der Waals surface area contributed by atoms with Gasteiger partial charge in [0.05, 0.1) is 5.02 Å². The highest BCUT2D eigenvalue weighted by molar-refractivity contribution is 7.98. The van der Waals surface area contributed by atoms with Gasteiger partial charge >= 0.3 is 0 Å². The molecule has 3 rings (SSSR count). The molecule has 2 aromatic carbocycles. The molecule has 0 atom stereocenters. The minimum Gasteiger partial charge on any atom is -0.339 e. The summed E-state index contributed by atoms with van der Waals surface area (Å²) in [6.45, 7) is 2.09. The van der Waals surface area contributed by atoms with E-state index in [2.05, 4.69) is 11.9 Å². The Hall–Kier alpha value is -1.20. The normalized spacial score (nSPS) is 15.7. The molecule has 27 heavy (non-hydrogen) atoms. The smallest absolute Gasteiger partial charge is 0.253 e. The monoisotopic (exact) mass is 422 g/mol. The van der Waals surface area contributed by atoms with Crippen molar-refractivity contribution >= 4 is 40.9 Å². The van der Waals surface area contributed by atoms with E-state index in [-0.39, 0.29) is 5.91 Å². The van der Waals surface area contributed by atoms with Gasteiger partial charge in [-0.2, -0.15) is 0 Å². The summed E-state index contributed by atoms with van der Waals surface area (Å²) in [5, 5.41) is 1.38. The van der Waals surface area contributed by atoms with Crippen molar-refractivity contribution in [2.45, 2.75) is 29.5 Å². The van der Waals surface area contributed by atoms with Crippen molar-refractivity contribution in [3.8, 4) is 0 Å². The van der Waals surface area contributed by atoms with Crippen molar-refractivity contribution in [1.29, 1.82) is 0 Å². The second-order valence-corrected chi connectivity index (χ2v) is 8.87. The van der Waals surface area contributed by atoms with Crippen LogP contribution in [0.2, 0.25) is 10.0 Å². The molecule has 1 aliphatic heterocycles. The third kappa shape index (κ3) is 5.41. The number of hydrogen-bond acceptors (Lipinski definition) is 3. The Morgan fingerprint density at radius 3 is 2.48 bits per heavy atom. The summed E-state index contributed by atoms with van der Waals surface area (Å²) < 4.78 is 0. The molecule has 0 aliphatic carbocycles. The van der Waals surface area contributed by atoms with Crippen molar-refractivity contribution in [3.05, 3.63) is 63.6 Å². The fourth-order valence-corrected chi connectivity index (χ4v) is 4.69. The number of nitrogens with zero attached hydrogens (tertiary/aromatic N) is 2. The van der Waals surface area contributed by atoms with Crippen LogP contribution >= 0.6 is 35.0 Å². The van der Waals surface area contributed by atoms with Crippen molar-refractivity contribution < 1.29 is 4.79 Å². The average molecular weight is 423 g/mol. The first-order chi connectivity index (χ1) is 12.9. The maximum atomic E-state index is 12.8. The van der Waals surface area contributed by atoms with E-state index in [1.165, 1.54) is 0 Å². The number of benzene rings is 2. The molecular weight excluding hydrogens is 399 g/mol. The quantitative estimate of drug-likeness (QED) is 0.598. The molecule has 0 radical (unpaired) electrons. The van der Waals surface area contributed by atoms with Crippen LogP contribution < -0.4 is 0 Å². The lowest BCUT2D eigenvalue weighted by molar-refractivity contribution is 0.0659. The lowest BCUT2D eigenvalue weighted by Crippen LogP contribution is -2.44. The average Bonchev–Trinajstić information content (AvgIpc) is 2.68. The standard InChI is InChI=1S/C21H24Cl2N2OS/c1-24-11-9-18(10-12-24)25(2)21(26)16-5-3-15(4-6-16)14-27-20-13-17(22)7-8-19(20)23/h3-8,13,18H,9-12,14H2,1-2H3. The van der Waals surface area contributed by atoms with E-state index in [4.69, 9.17) is 23.2 Å². The second-order valence-electron chi connectivity index (χ2n) is 7.01. The summed E-state index contributed by atoms with van der Waals surface area (Å²) >= 11 is 13.9. The fraction of sp³-hybridized carbons (Fsp3) is 0.381. The van der Waals surface area contributed by atoms with E-state index in [1.807, 2.05) is 48.3 Å². The predicted octanol–water partition coefficient (Wildman–Crippen LogP) is 5.45. The van der Waals surface area contributed by atoms with Gasteiger partial charge < -0.3 is 9.80 Å². The zero-order valence-corrected chi connectivity index (χ0v) is 17.9. The first kappa shape index (κ1) is 20.5. The lowest BCUT2D eigenvalue weighted by atomic mass is 10.0. The van der Waals surface area contributed by atoms with Crippen molar-refractivity contribution in [3.63, 3.8) is 0 Å². The predicted molar refractivity (Wildman–Crippen MR) is 115 cm³/mol. The van der Waals surface area contributed by atoms with Gasteiger partial charge in [0.1, 0.15) is 0 Å². The summed E-state index contributed by atoms with van der Waals surface area (Å²) in [5.74, 6) is 0.876. The number of amides is 1. The zero-order valence-electron chi connectivity index (χ0n) is 15.6. The fourth-order valence-electron chi connectivity index (χ4n) is 3.24. The number of thioether (sulfide) groups is 1. The Kier molecular flexibility index (Phi) is 7.10. The number of piperidine rings is 1. The third-order valence-electron chi connectivity index (χ3n) is 5.04. The molecule has 6 heteroatoms. The van der Waals surface area contributed by atoms with Gasteiger partial charge in [-0.15, -0.1) is 11.8 Å². The molecular formula is C21H24Cl2N2OS. The highest BCUT2D eigenvalue weighted by Gasteiger charge is 2.24. The van der Waals surface area contributed by atoms with Crippen LogP contribution in [-0.2, 0) is 5.75 Å². The van der Waals surface area contributed by atoms with Gasteiger partial charge in [0.15, 0.2) is 0 Å². The lowest BCUT2D eigenvalue weighted by Gasteiger charge is -2.35. The topological polar surface area (TPSA) is 23.6 Å². The Morgan fingerprint density at radius 1 is 1.15 bits per heavy atom. The van der Waals surface area contributed by atoms with Crippen molar-refractivity contribution in [1.82, 2.24) is 9.80 Å². The summed E-state index contributed by atoms with van der Waals surface area (Å²) in [4.78, 5) is 18.0. The van der Waals surface area contributed by atoms with E-state index in [0.29, 0.717) is 16.1 Å². The molecule has 0 aromatic heterocycles. The largest absolute Gasteiger partial charge is 0.339 e. The molecule has 0 bridgehead atoms. The van der Waals surface area contributed by atoms with Crippen molar-refractivity contribution in [2.75, 3.05) is 27.2 Å². The Balaban J connectivity index is 1.59. The molecule has 0 N–H and O–H groups in total.